The van der Waals surface area contributed by atoms with Gasteiger partial charge in [0.1, 0.15) is 5.69 Å². The second kappa shape index (κ2) is 6.79. The van der Waals surface area contributed by atoms with Gasteiger partial charge in [0.25, 0.3) is 5.91 Å². The zero-order valence-electron chi connectivity index (χ0n) is 13.1. The van der Waals surface area contributed by atoms with Crippen LogP contribution in [0.2, 0.25) is 10.0 Å². The fourth-order valence-electron chi connectivity index (χ4n) is 2.72. The molecule has 3 aromatic rings. The van der Waals surface area contributed by atoms with E-state index in [2.05, 4.69) is 21.2 Å². The molecular formula is C18H15BrCl2N2O. The minimum atomic E-state index is -0.209. The molecule has 0 aliphatic rings. The summed E-state index contributed by atoms with van der Waals surface area (Å²) in [5.41, 5.74) is 2.37. The second-order valence-electron chi connectivity index (χ2n) is 5.65. The summed E-state index contributed by atoms with van der Waals surface area (Å²) < 4.78 is 2.74. The van der Waals surface area contributed by atoms with E-state index in [1.54, 1.807) is 0 Å². The number of aromatic nitrogens is 1. The van der Waals surface area contributed by atoms with Gasteiger partial charge in [0.15, 0.2) is 0 Å². The van der Waals surface area contributed by atoms with Crippen LogP contribution in [0.5, 0.6) is 0 Å². The van der Waals surface area contributed by atoms with Crippen LogP contribution in [0, 0.1) is 0 Å². The molecule has 1 amide bonds. The summed E-state index contributed by atoms with van der Waals surface area (Å²) in [4.78, 5) is 12.7. The number of halogens is 3. The fraction of sp³-hybridized carbons (Fsp3) is 0.167. The first kappa shape index (κ1) is 17.3. The van der Waals surface area contributed by atoms with Crippen molar-refractivity contribution in [3.63, 3.8) is 0 Å². The normalized spacial score (nSPS) is 12.4. The molecule has 1 heterocycles. The lowest BCUT2D eigenvalue weighted by atomic mass is 10.1. The molecule has 0 spiro atoms. The lowest BCUT2D eigenvalue weighted by Gasteiger charge is -2.16. The number of amides is 1. The number of benzene rings is 2. The number of hydrogen-bond acceptors (Lipinski definition) is 1. The molecule has 1 unspecified atom stereocenters. The van der Waals surface area contributed by atoms with Gasteiger partial charge in [-0.2, -0.15) is 0 Å². The van der Waals surface area contributed by atoms with Gasteiger partial charge >= 0.3 is 0 Å². The summed E-state index contributed by atoms with van der Waals surface area (Å²) in [6.07, 6.45) is 0. The molecule has 0 saturated heterocycles. The number of nitrogens with zero attached hydrogens (tertiary/aromatic N) is 1. The molecule has 1 N–H and O–H groups in total. The van der Waals surface area contributed by atoms with E-state index >= 15 is 0 Å². The summed E-state index contributed by atoms with van der Waals surface area (Å²) in [6.45, 7) is 1.91. The summed E-state index contributed by atoms with van der Waals surface area (Å²) in [5, 5.41) is 5.23. The molecule has 0 aliphatic heterocycles. The molecule has 3 rings (SSSR count). The Balaban J connectivity index is 1.88. The Morgan fingerprint density at radius 2 is 1.92 bits per heavy atom. The smallest absolute Gasteiger partial charge is 0.268 e. The maximum Gasteiger partial charge on any atom is 0.268 e. The molecule has 6 heteroatoms. The largest absolute Gasteiger partial charge is 0.344 e. The highest BCUT2D eigenvalue weighted by Gasteiger charge is 2.18. The van der Waals surface area contributed by atoms with Gasteiger partial charge in [-0.25, -0.2) is 0 Å². The molecule has 0 saturated carbocycles. The van der Waals surface area contributed by atoms with E-state index in [1.807, 2.05) is 61.0 Å². The van der Waals surface area contributed by atoms with Crippen LogP contribution in [-0.2, 0) is 7.05 Å². The first-order valence-electron chi connectivity index (χ1n) is 7.37. The lowest BCUT2D eigenvalue weighted by Crippen LogP contribution is -2.28. The average molecular weight is 426 g/mol. The van der Waals surface area contributed by atoms with Crippen molar-refractivity contribution in [1.82, 2.24) is 9.88 Å². The van der Waals surface area contributed by atoms with Crippen molar-refractivity contribution in [3.8, 4) is 0 Å². The average Bonchev–Trinajstić information content (AvgIpc) is 2.84. The number of hydrogen-bond donors (Lipinski definition) is 1. The van der Waals surface area contributed by atoms with Gasteiger partial charge in [-0.15, -0.1) is 0 Å². The van der Waals surface area contributed by atoms with Crippen molar-refractivity contribution in [3.05, 3.63) is 68.2 Å². The fourth-order valence-corrected chi connectivity index (χ4v) is 3.73. The number of carbonyl (C=O) groups is 1. The van der Waals surface area contributed by atoms with Crippen molar-refractivity contribution < 1.29 is 4.79 Å². The highest BCUT2D eigenvalue weighted by atomic mass is 79.9. The highest BCUT2D eigenvalue weighted by molar-refractivity contribution is 9.10. The monoisotopic (exact) mass is 424 g/mol. The molecule has 124 valence electrons. The maximum absolute atomic E-state index is 12.7. The van der Waals surface area contributed by atoms with E-state index in [1.165, 1.54) is 0 Å². The minimum absolute atomic E-state index is 0.156. The Morgan fingerprint density at radius 1 is 1.17 bits per heavy atom. The molecule has 0 bridgehead atoms. The van der Waals surface area contributed by atoms with Crippen LogP contribution < -0.4 is 5.32 Å². The Bertz CT molecular complexity index is 936. The minimum Gasteiger partial charge on any atom is -0.344 e. The zero-order valence-corrected chi connectivity index (χ0v) is 16.2. The van der Waals surface area contributed by atoms with Crippen molar-refractivity contribution in [2.24, 2.45) is 7.05 Å². The Kier molecular flexibility index (Phi) is 4.90. The third kappa shape index (κ3) is 3.32. The van der Waals surface area contributed by atoms with Gasteiger partial charge in [-0.3, -0.25) is 4.79 Å². The molecule has 1 atom stereocenters. The van der Waals surface area contributed by atoms with Crippen molar-refractivity contribution in [2.75, 3.05) is 0 Å². The summed E-state index contributed by atoms with van der Waals surface area (Å²) in [7, 11) is 1.85. The van der Waals surface area contributed by atoms with Crippen LogP contribution >= 0.6 is 39.1 Å². The van der Waals surface area contributed by atoms with Gasteiger partial charge in [-0.05, 0) is 42.8 Å². The van der Waals surface area contributed by atoms with Gasteiger partial charge in [-0.1, -0.05) is 51.3 Å². The molecule has 0 fully saturated rings. The third-order valence-electron chi connectivity index (χ3n) is 4.02. The van der Waals surface area contributed by atoms with E-state index in [0.29, 0.717) is 15.7 Å². The first-order valence-corrected chi connectivity index (χ1v) is 8.92. The van der Waals surface area contributed by atoms with E-state index in [0.717, 1.165) is 20.9 Å². The number of fused-ring (bicyclic) bond motifs is 1. The van der Waals surface area contributed by atoms with Gasteiger partial charge in [0, 0.05) is 32.5 Å². The SMILES string of the molecule is CC(NC(=O)c1cc2ccc(Cl)cc2n1C)c1ccc(Br)cc1Cl. The van der Waals surface area contributed by atoms with E-state index in [-0.39, 0.29) is 11.9 Å². The topological polar surface area (TPSA) is 34.0 Å². The predicted octanol–water partition coefficient (Wildman–Crippen LogP) is 5.74. The van der Waals surface area contributed by atoms with Crippen LogP contribution in [0.1, 0.15) is 29.0 Å². The van der Waals surface area contributed by atoms with Gasteiger partial charge in [0.2, 0.25) is 0 Å². The molecule has 24 heavy (non-hydrogen) atoms. The van der Waals surface area contributed by atoms with Crippen LogP contribution in [-0.4, -0.2) is 10.5 Å². The third-order valence-corrected chi connectivity index (χ3v) is 5.07. The van der Waals surface area contributed by atoms with Crippen molar-refractivity contribution in [2.45, 2.75) is 13.0 Å². The Labute approximate surface area is 158 Å². The van der Waals surface area contributed by atoms with Crippen LogP contribution in [0.3, 0.4) is 0 Å². The van der Waals surface area contributed by atoms with Crippen molar-refractivity contribution in [1.29, 1.82) is 0 Å². The molecule has 3 nitrogen and oxygen atoms in total. The number of rotatable bonds is 3. The molecular weight excluding hydrogens is 411 g/mol. The maximum atomic E-state index is 12.7. The van der Waals surface area contributed by atoms with E-state index in [9.17, 15) is 4.79 Å². The summed E-state index contributed by atoms with van der Waals surface area (Å²) >= 11 is 15.7. The van der Waals surface area contributed by atoms with Crippen molar-refractivity contribution >= 4 is 55.9 Å². The predicted molar refractivity (Wildman–Crippen MR) is 103 cm³/mol. The Hall–Kier alpha value is -1.49. The molecule has 1 aromatic heterocycles. The Morgan fingerprint density at radius 3 is 2.62 bits per heavy atom. The van der Waals surface area contributed by atoms with Gasteiger partial charge in [0.05, 0.1) is 6.04 Å². The van der Waals surface area contributed by atoms with Crippen LogP contribution in [0.4, 0.5) is 0 Å². The molecule has 2 aromatic carbocycles. The lowest BCUT2D eigenvalue weighted by molar-refractivity contribution is 0.0932. The molecule has 0 radical (unpaired) electrons. The standard InChI is InChI=1S/C18H15BrCl2N2O/c1-10(14-6-4-12(19)8-15(14)21)22-18(24)17-7-11-3-5-13(20)9-16(11)23(17)2/h3-10H,1-2H3,(H,22,24). The zero-order chi connectivity index (χ0) is 17.4. The van der Waals surface area contributed by atoms with Gasteiger partial charge < -0.3 is 9.88 Å². The van der Waals surface area contributed by atoms with E-state index in [4.69, 9.17) is 23.2 Å². The first-order chi connectivity index (χ1) is 11.4. The number of carbonyl (C=O) groups excluding carboxylic acids is 1. The summed E-state index contributed by atoms with van der Waals surface area (Å²) in [6, 6.07) is 12.8. The van der Waals surface area contributed by atoms with E-state index < -0.39 is 0 Å². The number of nitrogens with one attached hydrogen (secondary N) is 1. The molecule has 0 aliphatic carbocycles. The van der Waals surface area contributed by atoms with Crippen LogP contribution in [0.15, 0.2) is 46.9 Å². The summed E-state index contributed by atoms with van der Waals surface area (Å²) in [5.74, 6) is -0.156. The number of aryl methyl sites for hydroxylation is 1. The quantitative estimate of drug-likeness (QED) is 0.570. The van der Waals surface area contributed by atoms with Crippen LogP contribution in [0.25, 0.3) is 10.9 Å². The second-order valence-corrected chi connectivity index (χ2v) is 7.41. The highest BCUT2D eigenvalue weighted by Crippen LogP contribution is 2.27.